The predicted octanol–water partition coefficient (Wildman–Crippen LogP) is 4.20. The summed E-state index contributed by atoms with van der Waals surface area (Å²) < 4.78 is 11.6. The molecule has 1 aromatic carbocycles. The van der Waals surface area contributed by atoms with Crippen LogP contribution < -0.4 is 14.8 Å². The van der Waals surface area contributed by atoms with E-state index in [4.69, 9.17) is 9.47 Å². The summed E-state index contributed by atoms with van der Waals surface area (Å²) in [6.07, 6.45) is 6.25. The van der Waals surface area contributed by atoms with E-state index in [1.165, 1.54) is 6.33 Å². The fourth-order valence-corrected chi connectivity index (χ4v) is 4.21. The van der Waals surface area contributed by atoms with Crippen molar-refractivity contribution in [2.45, 2.75) is 40.0 Å². The van der Waals surface area contributed by atoms with Gasteiger partial charge in [0.2, 0.25) is 5.91 Å². The molecule has 11 nitrogen and oxygen atoms in total. The van der Waals surface area contributed by atoms with Gasteiger partial charge in [0.15, 0.2) is 17.4 Å². The Morgan fingerprint density at radius 3 is 2.77 bits per heavy atom. The number of unbranched alkanes of at least 4 members (excludes halogenated alkanes) is 2. The second-order valence-corrected chi connectivity index (χ2v) is 9.00. The lowest BCUT2D eigenvalue weighted by atomic mass is 10.2. The molecule has 3 N–H and O–H groups in total. The van der Waals surface area contributed by atoms with E-state index in [1.54, 1.807) is 37.4 Å². The first-order chi connectivity index (χ1) is 19.0. The molecule has 212 valence electrons. The third-order valence-electron chi connectivity index (χ3n) is 6.37. The van der Waals surface area contributed by atoms with Crippen LogP contribution >= 0.6 is 0 Å². The first-order valence-corrected chi connectivity index (χ1v) is 13.6. The number of carbonyl (C=O) groups is 1. The van der Waals surface area contributed by atoms with Gasteiger partial charge in [-0.1, -0.05) is 33.6 Å². The van der Waals surface area contributed by atoms with Gasteiger partial charge >= 0.3 is 0 Å². The molecule has 3 aromatic rings. The van der Waals surface area contributed by atoms with Crippen LogP contribution in [0.2, 0.25) is 0 Å². The van der Waals surface area contributed by atoms with Gasteiger partial charge in [0.05, 0.1) is 30.3 Å². The molecule has 0 aliphatic carbocycles. The van der Waals surface area contributed by atoms with Crippen LogP contribution in [0.5, 0.6) is 17.4 Å². The molecule has 2 bridgehead atoms. The van der Waals surface area contributed by atoms with Crippen molar-refractivity contribution in [1.82, 2.24) is 24.8 Å². The van der Waals surface area contributed by atoms with Crippen LogP contribution in [0.1, 0.15) is 45.6 Å². The quantitative estimate of drug-likeness (QED) is 0.412. The van der Waals surface area contributed by atoms with Crippen molar-refractivity contribution in [3.05, 3.63) is 30.1 Å². The molecule has 1 aliphatic rings. The molecule has 39 heavy (non-hydrogen) atoms. The highest BCUT2D eigenvalue weighted by Crippen LogP contribution is 2.33. The van der Waals surface area contributed by atoms with Gasteiger partial charge in [-0.2, -0.15) is 0 Å². The number of fused-ring (bicyclic) bond motifs is 2. The lowest BCUT2D eigenvalue weighted by Crippen LogP contribution is -2.42. The van der Waals surface area contributed by atoms with Gasteiger partial charge < -0.3 is 29.8 Å². The second-order valence-electron chi connectivity index (χ2n) is 9.00. The number of anilines is 1. The van der Waals surface area contributed by atoms with Gasteiger partial charge in [-0.25, -0.2) is 9.97 Å². The maximum absolute atomic E-state index is 13.0. The Labute approximate surface area is 230 Å². The SMILES string of the molecule is CC.CCCCCN1CCOc2cc(ccc2OC)N=Cc2c(O)[nH]c3ncnc(c23)NCCN(C)C(=O)C1. The number of ether oxygens (including phenoxy) is 2. The van der Waals surface area contributed by atoms with Crippen molar-refractivity contribution in [1.29, 1.82) is 0 Å². The molecule has 1 amide bonds. The zero-order valence-corrected chi connectivity index (χ0v) is 23.7. The Bertz CT molecular complexity index is 1240. The zero-order chi connectivity index (χ0) is 28.2. The highest BCUT2D eigenvalue weighted by molar-refractivity contribution is 6.06. The van der Waals surface area contributed by atoms with Crippen molar-refractivity contribution in [2.75, 3.05) is 58.8 Å². The van der Waals surface area contributed by atoms with Crippen LogP contribution in [0.3, 0.4) is 0 Å². The number of methoxy groups -OCH3 is 1. The van der Waals surface area contributed by atoms with E-state index >= 15 is 0 Å². The van der Waals surface area contributed by atoms with E-state index < -0.39 is 0 Å². The Balaban J connectivity index is 0.00000205. The summed E-state index contributed by atoms with van der Waals surface area (Å²) in [5.74, 6) is 1.68. The van der Waals surface area contributed by atoms with Gasteiger partial charge in [-0.3, -0.25) is 14.7 Å². The molecule has 1 aliphatic heterocycles. The minimum Gasteiger partial charge on any atom is -0.494 e. The Kier molecular flexibility index (Phi) is 11.4. The maximum atomic E-state index is 13.0. The number of likely N-dealkylation sites (N-methyl/N-ethyl adjacent to an activating group) is 1. The molecule has 4 rings (SSSR count). The summed E-state index contributed by atoms with van der Waals surface area (Å²) in [4.78, 5) is 32.9. The topological polar surface area (TPSA) is 128 Å². The molecule has 2 aromatic heterocycles. The number of benzene rings is 1. The number of rotatable bonds is 5. The van der Waals surface area contributed by atoms with Crippen molar-refractivity contribution < 1.29 is 19.4 Å². The number of nitrogens with zero attached hydrogens (tertiary/aromatic N) is 5. The minimum atomic E-state index is -0.0582. The number of H-pyrrole nitrogens is 1. The number of aromatic amines is 1. The number of hydrogen-bond acceptors (Lipinski definition) is 9. The van der Waals surface area contributed by atoms with Crippen LogP contribution in [0.25, 0.3) is 11.0 Å². The molecule has 0 spiro atoms. The summed E-state index contributed by atoms with van der Waals surface area (Å²) in [6, 6.07) is 5.40. The van der Waals surface area contributed by atoms with E-state index in [9.17, 15) is 9.90 Å². The molecule has 0 saturated heterocycles. The zero-order valence-electron chi connectivity index (χ0n) is 23.7. The fourth-order valence-electron chi connectivity index (χ4n) is 4.21. The highest BCUT2D eigenvalue weighted by atomic mass is 16.5. The highest BCUT2D eigenvalue weighted by Gasteiger charge is 2.18. The molecule has 0 unspecified atom stereocenters. The summed E-state index contributed by atoms with van der Waals surface area (Å²) in [5, 5.41) is 14.4. The Morgan fingerprint density at radius 1 is 1.18 bits per heavy atom. The van der Waals surface area contributed by atoms with Crippen molar-refractivity contribution in [2.24, 2.45) is 4.99 Å². The Hall–Kier alpha value is -3.86. The first kappa shape index (κ1) is 29.7. The maximum Gasteiger partial charge on any atom is 0.236 e. The van der Waals surface area contributed by atoms with Crippen LogP contribution in [0.15, 0.2) is 29.5 Å². The largest absolute Gasteiger partial charge is 0.494 e. The third kappa shape index (κ3) is 7.82. The molecule has 0 saturated carbocycles. The van der Waals surface area contributed by atoms with Crippen LogP contribution in [0, 0.1) is 0 Å². The summed E-state index contributed by atoms with van der Waals surface area (Å²) in [6.45, 7) is 9.30. The van der Waals surface area contributed by atoms with Crippen LogP contribution in [0.4, 0.5) is 11.5 Å². The number of amides is 1. The van der Waals surface area contributed by atoms with Crippen LogP contribution in [-0.4, -0.2) is 95.5 Å². The normalized spacial score (nSPS) is 15.0. The first-order valence-electron chi connectivity index (χ1n) is 13.6. The van der Waals surface area contributed by atoms with Crippen molar-refractivity contribution in [3.63, 3.8) is 0 Å². The number of hydrogen-bond donors (Lipinski definition) is 3. The molecule has 3 heterocycles. The minimum absolute atomic E-state index is 0.0407. The fraction of sp³-hybridized carbons (Fsp3) is 0.500. The molecule has 11 heteroatoms. The summed E-state index contributed by atoms with van der Waals surface area (Å²) in [5.41, 5.74) is 1.58. The average molecular weight is 540 g/mol. The van der Waals surface area contributed by atoms with Crippen molar-refractivity contribution in [3.8, 4) is 17.4 Å². The lowest BCUT2D eigenvalue weighted by molar-refractivity contribution is -0.131. The molecular weight excluding hydrogens is 498 g/mol. The van der Waals surface area contributed by atoms with Gasteiger partial charge in [0.1, 0.15) is 24.4 Å². The number of nitrogens with one attached hydrogen (secondary N) is 2. The molecular formula is C28H41N7O4. The van der Waals surface area contributed by atoms with Crippen LogP contribution in [-0.2, 0) is 4.79 Å². The van der Waals surface area contributed by atoms with Gasteiger partial charge in [0.25, 0.3) is 0 Å². The lowest BCUT2D eigenvalue weighted by Gasteiger charge is -2.25. The predicted molar refractivity (Wildman–Crippen MR) is 155 cm³/mol. The number of aromatic nitrogens is 3. The van der Waals surface area contributed by atoms with Gasteiger partial charge in [-0.15, -0.1) is 0 Å². The van der Waals surface area contributed by atoms with Crippen molar-refractivity contribution >= 4 is 34.7 Å². The third-order valence-corrected chi connectivity index (χ3v) is 6.37. The molecule has 0 fully saturated rings. The van der Waals surface area contributed by atoms with Gasteiger partial charge in [0, 0.05) is 39.0 Å². The number of carbonyl (C=O) groups excluding carboxylic acids is 1. The van der Waals surface area contributed by atoms with E-state index in [0.717, 1.165) is 25.8 Å². The van der Waals surface area contributed by atoms with E-state index in [0.29, 0.717) is 72.4 Å². The monoisotopic (exact) mass is 539 g/mol. The Morgan fingerprint density at radius 2 is 2.00 bits per heavy atom. The number of aromatic hydroxyl groups is 1. The standard InChI is InChI=1S/C26H35N7O4.C2H6/c1-4-5-6-10-33-12-13-37-21-14-18(7-8-20(21)36-3)28-15-19-23-24(27-9-11-32(2)22(34)16-33)29-17-30-25(23)31-26(19)35;1-2/h7-8,14-15,17,35H,4-6,9-13,16H2,1-3H3,(H2,27,29,30,31);1-2H3. The second kappa shape index (κ2) is 14.9. The summed E-state index contributed by atoms with van der Waals surface area (Å²) in [7, 11) is 3.39. The molecule has 0 atom stereocenters. The number of aliphatic imine (C=N–C) groups is 1. The van der Waals surface area contributed by atoms with E-state index in [-0.39, 0.29) is 11.8 Å². The van der Waals surface area contributed by atoms with E-state index in [1.807, 2.05) is 19.9 Å². The smallest absolute Gasteiger partial charge is 0.236 e. The molecule has 0 radical (unpaired) electrons. The van der Waals surface area contributed by atoms with Gasteiger partial charge in [-0.05, 0) is 25.1 Å². The summed E-state index contributed by atoms with van der Waals surface area (Å²) >= 11 is 0. The van der Waals surface area contributed by atoms with E-state index in [2.05, 4.69) is 37.1 Å². The average Bonchev–Trinajstić information content (AvgIpc) is 3.28.